The van der Waals surface area contributed by atoms with E-state index >= 15 is 0 Å². The van der Waals surface area contributed by atoms with Gasteiger partial charge in [0.1, 0.15) is 5.82 Å². The van der Waals surface area contributed by atoms with Gasteiger partial charge in [0.15, 0.2) is 5.78 Å². The minimum Gasteiger partial charge on any atom is -0.326 e. The second kappa shape index (κ2) is 9.66. The number of Topliss-reactive ketones (excluding diaryl/α,β-unsaturated/α-hetero) is 1. The number of piperidine rings is 1. The first-order valence-electron chi connectivity index (χ1n) is 10.5. The number of ketones is 1. The highest BCUT2D eigenvalue weighted by atomic mass is 32.2. The van der Waals surface area contributed by atoms with Gasteiger partial charge in [0, 0.05) is 49.2 Å². The summed E-state index contributed by atoms with van der Waals surface area (Å²) in [7, 11) is -3.99. The highest BCUT2D eigenvalue weighted by molar-refractivity contribution is 7.89. The Morgan fingerprint density at radius 1 is 1.12 bits per heavy atom. The van der Waals surface area contributed by atoms with Crippen molar-refractivity contribution < 1.29 is 22.4 Å². The molecule has 1 N–H and O–H groups in total. The first-order valence-corrected chi connectivity index (χ1v) is 12.0. The minimum absolute atomic E-state index is 0.0196. The Morgan fingerprint density at radius 3 is 2.50 bits per heavy atom. The number of hydrogen-bond acceptors (Lipinski definition) is 5. The number of carbonyl (C=O) groups excluding carboxylic acids is 2. The zero-order chi connectivity index (χ0) is 24.3. The smallest absolute Gasteiger partial charge is 0.243 e. The molecule has 0 saturated carbocycles. The molecule has 1 aromatic heterocycles. The number of anilines is 1. The van der Waals surface area contributed by atoms with E-state index in [1.807, 2.05) is 0 Å². The van der Waals surface area contributed by atoms with Crippen molar-refractivity contribution in [3.8, 4) is 0 Å². The summed E-state index contributed by atoms with van der Waals surface area (Å²) in [6.45, 7) is 1.09. The molecule has 1 amide bonds. The second-order valence-corrected chi connectivity index (χ2v) is 9.84. The molecular formula is C25H22FN3O4S. The summed E-state index contributed by atoms with van der Waals surface area (Å²) in [6, 6.07) is 15.2. The Morgan fingerprint density at radius 2 is 1.85 bits per heavy atom. The number of nitrogens with zero attached hydrogens (tertiary/aromatic N) is 2. The molecule has 1 saturated heterocycles. The summed E-state index contributed by atoms with van der Waals surface area (Å²) in [5, 5.41) is 2.59. The van der Waals surface area contributed by atoms with Gasteiger partial charge in [0.2, 0.25) is 15.9 Å². The first kappa shape index (κ1) is 23.5. The average Bonchev–Trinajstić information content (AvgIpc) is 2.82. The van der Waals surface area contributed by atoms with Gasteiger partial charge in [-0.15, -0.1) is 0 Å². The standard InChI is InChI=1S/C25H22FN3O4S/c1-17(30)28-21-8-10-22(11-9-21)34(32,33)29-15-20(13-18-5-2-3-7-24(18)26)25(31)23(16-29)19-6-4-12-27-14-19/h2-14,23H,15-16H2,1H3,(H,28,30). The first-order chi connectivity index (χ1) is 16.3. The molecule has 1 aliphatic rings. The third-order valence-corrected chi connectivity index (χ3v) is 7.33. The van der Waals surface area contributed by atoms with Gasteiger partial charge in [-0.2, -0.15) is 4.31 Å². The lowest BCUT2D eigenvalue weighted by atomic mass is 9.87. The number of amides is 1. The Balaban J connectivity index is 1.73. The lowest BCUT2D eigenvalue weighted by molar-refractivity contribution is -0.118. The fourth-order valence-corrected chi connectivity index (χ4v) is 5.26. The molecule has 1 fully saturated rings. The normalized spacial score (nSPS) is 18.1. The van der Waals surface area contributed by atoms with Crippen LogP contribution in [0.25, 0.3) is 6.08 Å². The summed E-state index contributed by atoms with van der Waals surface area (Å²) in [4.78, 5) is 28.6. The van der Waals surface area contributed by atoms with Crippen LogP contribution in [0.2, 0.25) is 0 Å². The fourth-order valence-electron chi connectivity index (χ4n) is 3.82. The summed E-state index contributed by atoms with van der Waals surface area (Å²) < 4.78 is 42.5. The lowest BCUT2D eigenvalue weighted by Gasteiger charge is -2.33. The Bertz CT molecular complexity index is 1360. The SMILES string of the molecule is CC(=O)Nc1ccc(S(=O)(=O)N2CC(=Cc3ccccc3F)C(=O)C(c3cccnc3)C2)cc1. The van der Waals surface area contributed by atoms with E-state index in [9.17, 15) is 22.4 Å². The molecule has 7 nitrogen and oxygen atoms in total. The van der Waals surface area contributed by atoms with Crippen molar-refractivity contribution in [2.45, 2.75) is 17.7 Å². The van der Waals surface area contributed by atoms with Crippen LogP contribution in [-0.2, 0) is 19.6 Å². The molecule has 0 aliphatic carbocycles. The van der Waals surface area contributed by atoms with Crippen molar-refractivity contribution >= 4 is 33.5 Å². The van der Waals surface area contributed by atoms with Crippen LogP contribution >= 0.6 is 0 Å². The van der Waals surface area contributed by atoms with Gasteiger partial charge in [0.05, 0.1) is 10.8 Å². The van der Waals surface area contributed by atoms with Crippen molar-refractivity contribution in [3.63, 3.8) is 0 Å². The molecule has 1 unspecified atom stereocenters. The summed E-state index contributed by atoms with van der Waals surface area (Å²) in [6.07, 6.45) is 4.50. The largest absolute Gasteiger partial charge is 0.326 e. The van der Waals surface area contributed by atoms with Crippen LogP contribution < -0.4 is 5.32 Å². The van der Waals surface area contributed by atoms with Crippen molar-refractivity contribution in [2.24, 2.45) is 0 Å². The van der Waals surface area contributed by atoms with E-state index in [0.717, 1.165) is 0 Å². The van der Waals surface area contributed by atoms with E-state index in [1.165, 1.54) is 59.9 Å². The van der Waals surface area contributed by atoms with Crippen molar-refractivity contribution in [1.82, 2.24) is 9.29 Å². The van der Waals surface area contributed by atoms with Gasteiger partial charge in [-0.1, -0.05) is 24.3 Å². The molecule has 2 heterocycles. The summed E-state index contributed by atoms with van der Waals surface area (Å²) in [5.41, 5.74) is 1.43. The predicted octanol–water partition coefficient (Wildman–Crippen LogP) is 3.62. The van der Waals surface area contributed by atoms with E-state index in [1.54, 1.807) is 30.5 Å². The van der Waals surface area contributed by atoms with Crippen molar-refractivity contribution in [2.75, 3.05) is 18.4 Å². The number of pyridine rings is 1. The highest BCUT2D eigenvalue weighted by Crippen LogP contribution is 2.32. The average molecular weight is 480 g/mol. The number of sulfonamides is 1. The van der Waals surface area contributed by atoms with Crippen LogP contribution in [0.3, 0.4) is 0 Å². The zero-order valence-electron chi connectivity index (χ0n) is 18.3. The maximum absolute atomic E-state index is 14.3. The number of benzene rings is 2. The molecule has 34 heavy (non-hydrogen) atoms. The predicted molar refractivity (Wildman–Crippen MR) is 126 cm³/mol. The number of nitrogens with one attached hydrogen (secondary N) is 1. The molecule has 174 valence electrons. The molecule has 0 bridgehead atoms. The monoisotopic (exact) mass is 479 g/mol. The second-order valence-electron chi connectivity index (χ2n) is 7.90. The molecule has 1 aliphatic heterocycles. The van der Waals surface area contributed by atoms with Crippen LogP contribution in [0.5, 0.6) is 0 Å². The van der Waals surface area contributed by atoms with Crippen LogP contribution in [-0.4, -0.2) is 42.5 Å². The third kappa shape index (κ3) is 4.95. The third-order valence-electron chi connectivity index (χ3n) is 5.50. The van der Waals surface area contributed by atoms with Crippen molar-refractivity contribution in [1.29, 1.82) is 0 Å². The molecule has 0 radical (unpaired) electrons. The van der Waals surface area contributed by atoms with Crippen LogP contribution in [0.4, 0.5) is 10.1 Å². The quantitative estimate of drug-likeness (QED) is 0.564. The number of halogens is 1. The van der Waals surface area contributed by atoms with E-state index in [4.69, 9.17) is 0 Å². The Hall–Kier alpha value is -3.69. The zero-order valence-corrected chi connectivity index (χ0v) is 19.1. The summed E-state index contributed by atoms with van der Waals surface area (Å²) >= 11 is 0. The maximum atomic E-state index is 14.3. The van der Waals surface area contributed by atoms with E-state index in [2.05, 4.69) is 10.3 Å². The Kier molecular flexibility index (Phi) is 6.67. The van der Waals surface area contributed by atoms with E-state index in [-0.39, 0.29) is 40.8 Å². The van der Waals surface area contributed by atoms with Crippen molar-refractivity contribution in [3.05, 3.63) is 95.6 Å². The molecular weight excluding hydrogens is 457 g/mol. The van der Waals surface area contributed by atoms with Gasteiger partial charge in [-0.25, -0.2) is 12.8 Å². The van der Waals surface area contributed by atoms with Gasteiger partial charge in [-0.05, 0) is 48.0 Å². The van der Waals surface area contributed by atoms with Crippen LogP contribution in [0, 0.1) is 5.82 Å². The highest BCUT2D eigenvalue weighted by Gasteiger charge is 2.38. The maximum Gasteiger partial charge on any atom is 0.243 e. The molecule has 3 aromatic rings. The minimum atomic E-state index is -3.99. The van der Waals surface area contributed by atoms with Crippen LogP contribution in [0.1, 0.15) is 24.0 Å². The summed E-state index contributed by atoms with van der Waals surface area (Å²) in [5.74, 6) is -1.83. The number of aromatic nitrogens is 1. The van der Waals surface area contributed by atoms with Gasteiger partial charge in [0.25, 0.3) is 0 Å². The van der Waals surface area contributed by atoms with Gasteiger partial charge < -0.3 is 5.32 Å². The number of carbonyl (C=O) groups is 2. The van der Waals surface area contributed by atoms with Gasteiger partial charge in [-0.3, -0.25) is 14.6 Å². The Labute approximate surface area is 197 Å². The molecule has 2 aromatic carbocycles. The number of rotatable bonds is 5. The molecule has 1 atom stereocenters. The van der Waals surface area contributed by atoms with E-state index in [0.29, 0.717) is 11.3 Å². The fraction of sp³-hybridized carbons (Fsp3) is 0.160. The van der Waals surface area contributed by atoms with Crippen LogP contribution in [0.15, 0.2) is 83.5 Å². The topological polar surface area (TPSA) is 96.4 Å². The van der Waals surface area contributed by atoms with Gasteiger partial charge >= 0.3 is 0 Å². The van der Waals surface area contributed by atoms with E-state index < -0.39 is 21.8 Å². The molecule has 4 rings (SSSR count). The molecule has 0 spiro atoms. The lowest BCUT2D eigenvalue weighted by Crippen LogP contribution is -2.44. The number of hydrogen-bond donors (Lipinski definition) is 1. The molecule has 9 heteroatoms.